The van der Waals surface area contributed by atoms with Gasteiger partial charge in [-0.3, -0.25) is 4.79 Å². The van der Waals surface area contributed by atoms with Gasteiger partial charge in [0.15, 0.2) is 0 Å². The molecule has 0 unspecified atom stereocenters. The zero-order valence-electron chi connectivity index (χ0n) is 12.8. The lowest BCUT2D eigenvalue weighted by molar-refractivity contribution is -0.433. The topological polar surface area (TPSA) is 48.1 Å². The van der Waals surface area contributed by atoms with Crippen molar-refractivity contribution in [2.24, 2.45) is 7.05 Å². The van der Waals surface area contributed by atoms with E-state index in [0.29, 0.717) is 22.5 Å². The largest absolute Gasteiger partial charge is 0.871 e. The molecule has 0 N–H and O–H groups in total. The summed E-state index contributed by atoms with van der Waals surface area (Å²) >= 11 is 3.18. The van der Waals surface area contributed by atoms with Gasteiger partial charge in [0, 0.05) is 24.8 Å². The van der Waals surface area contributed by atoms with Crippen LogP contribution in [-0.2, 0) is 11.8 Å². The van der Waals surface area contributed by atoms with E-state index in [4.69, 9.17) is 0 Å². The standard InChI is InChI=1S/C16H16N2O2S2/c1-17-9(5-7-11(17)21-3)13-15(19)14(16(13)20)10-6-8-12(22-4)18(10)2/h5-8H,1-4H3. The fourth-order valence-electron chi connectivity index (χ4n) is 2.76. The van der Waals surface area contributed by atoms with Gasteiger partial charge in [0.2, 0.25) is 16.5 Å². The van der Waals surface area contributed by atoms with Crippen LogP contribution in [0.2, 0.25) is 0 Å². The molecule has 2 aliphatic rings. The number of ketones is 1. The summed E-state index contributed by atoms with van der Waals surface area (Å²) in [7, 11) is 3.75. The second-order valence-electron chi connectivity index (χ2n) is 5.05. The van der Waals surface area contributed by atoms with Crippen LogP contribution in [0.3, 0.4) is 0 Å². The normalized spacial score (nSPS) is 21.2. The number of carbonyl (C=O) groups excluding carboxylic acids is 1. The van der Waals surface area contributed by atoms with Crippen molar-refractivity contribution in [1.82, 2.24) is 4.57 Å². The van der Waals surface area contributed by atoms with Crippen LogP contribution in [0.15, 0.2) is 46.3 Å². The molecule has 1 aromatic heterocycles. The van der Waals surface area contributed by atoms with E-state index in [2.05, 4.69) is 0 Å². The molecular formula is C16H16N2O2S2. The van der Waals surface area contributed by atoms with Gasteiger partial charge in [-0.25, -0.2) is 0 Å². The van der Waals surface area contributed by atoms with E-state index in [-0.39, 0.29) is 11.5 Å². The molecule has 0 saturated carbocycles. The van der Waals surface area contributed by atoms with Crippen LogP contribution in [0.1, 0.15) is 5.69 Å². The number of likely N-dealkylation sites (N-methyl/N-ethyl adjacent to an activating group) is 1. The Morgan fingerprint density at radius 2 is 1.86 bits per heavy atom. The molecule has 22 heavy (non-hydrogen) atoms. The van der Waals surface area contributed by atoms with E-state index in [1.54, 1.807) is 23.5 Å². The van der Waals surface area contributed by atoms with Crippen molar-refractivity contribution >= 4 is 39.9 Å². The van der Waals surface area contributed by atoms with E-state index in [9.17, 15) is 9.90 Å². The predicted molar refractivity (Wildman–Crippen MR) is 90.0 cm³/mol. The highest BCUT2D eigenvalue weighted by atomic mass is 32.2. The summed E-state index contributed by atoms with van der Waals surface area (Å²) in [6, 6.07) is 3.77. The lowest BCUT2D eigenvalue weighted by Gasteiger charge is -2.30. The third-order valence-corrected chi connectivity index (χ3v) is 5.65. The zero-order chi connectivity index (χ0) is 16.0. The van der Waals surface area contributed by atoms with Gasteiger partial charge in [-0.15, -0.1) is 11.8 Å². The number of hydrogen-bond acceptors (Lipinski definition) is 4. The molecule has 0 amide bonds. The highest BCUT2D eigenvalue weighted by molar-refractivity contribution is 8.13. The minimum absolute atomic E-state index is 0.160. The number of nitrogens with zero attached hydrogens (tertiary/aromatic N) is 2. The summed E-state index contributed by atoms with van der Waals surface area (Å²) < 4.78 is 3.79. The maximum absolute atomic E-state index is 12.5. The van der Waals surface area contributed by atoms with Gasteiger partial charge in [-0.2, -0.15) is 4.58 Å². The first-order valence-electron chi connectivity index (χ1n) is 6.74. The van der Waals surface area contributed by atoms with Crippen LogP contribution in [-0.4, -0.2) is 39.5 Å². The number of carbonyl (C=O) groups is 1. The molecule has 0 aromatic carbocycles. The van der Waals surface area contributed by atoms with Gasteiger partial charge in [-0.05, 0) is 24.6 Å². The predicted octanol–water partition coefficient (Wildman–Crippen LogP) is 1.63. The first-order valence-corrected chi connectivity index (χ1v) is 9.19. The maximum Gasteiger partial charge on any atom is 0.240 e. The summed E-state index contributed by atoms with van der Waals surface area (Å²) in [5, 5.41) is 14.6. The van der Waals surface area contributed by atoms with Crippen LogP contribution < -0.4 is 5.11 Å². The van der Waals surface area contributed by atoms with E-state index < -0.39 is 0 Å². The molecule has 3 rings (SSSR count). The molecule has 4 nitrogen and oxygen atoms in total. The Kier molecular flexibility index (Phi) is 3.82. The third-order valence-electron chi connectivity index (χ3n) is 3.99. The average molecular weight is 332 g/mol. The molecular weight excluding hydrogens is 316 g/mol. The molecule has 1 aromatic rings. The molecule has 0 fully saturated rings. The lowest BCUT2D eigenvalue weighted by Crippen LogP contribution is -2.32. The van der Waals surface area contributed by atoms with Crippen LogP contribution in [0.4, 0.5) is 0 Å². The highest BCUT2D eigenvalue weighted by Gasteiger charge is 2.37. The second-order valence-corrected chi connectivity index (χ2v) is 6.70. The van der Waals surface area contributed by atoms with Gasteiger partial charge in [0.25, 0.3) is 0 Å². The molecule has 0 saturated heterocycles. The van der Waals surface area contributed by atoms with Gasteiger partial charge >= 0.3 is 0 Å². The van der Waals surface area contributed by atoms with Crippen molar-refractivity contribution in [3.05, 3.63) is 47.0 Å². The molecule has 0 atom stereocenters. The molecule has 0 radical (unpaired) electrons. The average Bonchev–Trinajstić information content (AvgIpc) is 3.04. The molecule has 114 valence electrons. The van der Waals surface area contributed by atoms with Gasteiger partial charge in [-0.1, -0.05) is 17.5 Å². The van der Waals surface area contributed by atoms with Crippen molar-refractivity contribution in [2.45, 2.75) is 5.03 Å². The lowest BCUT2D eigenvalue weighted by atomic mass is 9.84. The highest BCUT2D eigenvalue weighted by Crippen LogP contribution is 2.38. The zero-order valence-corrected chi connectivity index (χ0v) is 14.5. The quantitative estimate of drug-likeness (QED) is 0.469. The monoisotopic (exact) mass is 332 g/mol. The number of thioether (sulfide) groups is 2. The molecule has 6 heteroatoms. The molecule has 0 bridgehead atoms. The van der Waals surface area contributed by atoms with Crippen LogP contribution in [0.25, 0.3) is 5.57 Å². The van der Waals surface area contributed by atoms with Crippen LogP contribution in [0.5, 0.6) is 0 Å². The number of aromatic nitrogens is 1. The number of hydrogen-bond donors (Lipinski definition) is 0. The first kappa shape index (κ1) is 15.2. The Bertz CT molecular complexity index is 810. The fraction of sp³-hybridized carbons (Fsp3) is 0.250. The van der Waals surface area contributed by atoms with Crippen molar-refractivity contribution in [3.8, 4) is 0 Å². The SMILES string of the molecule is CSC1=[N+](C)/C(=C2\C(=O)C(c3ccc(SC)n3C)=C2[O-])C=C1. The third kappa shape index (κ3) is 2.01. The molecule has 1 aliphatic carbocycles. The van der Waals surface area contributed by atoms with Crippen molar-refractivity contribution in [2.75, 3.05) is 19.6 Å². The van der Waals surface area contributed by atoms with Crippen LogP contribution >= 0.6 is 23.5 Å². The summed E-state index contributed by atoms with van der Waals surface area (Å²) in [4.78, 5) is 12.5. The van der Waals surface area contributed by atoms with Crippen molar-refractivity contribution in [3.63, 3.8) is 0 Å². The number of allylic oxidation sites excluding steroid dienone is 3. The molecule has 1 aliphatic heterocycles. The first-order chi connectivity index (χ1) is 10.5. The summed E-state index contributed by atoms with van der Waals surface area (Å²) in [6.45, 7) is 0. The van der Waals surface area contributed by atoms with E-state index in [1.165, 1.54) is 0 Å². The summed E-state index contributed by atoms with van der Waals surface area (Å²) in [5.41, 5.74) is 1.99. The minimum atomic E-state index is -0.160. The summed E-state index contributed by atoms with van der Waals surface area (Å²) in [5.74, 6) is -0.319. The molecule has 2 heterocycles. The molecule has 0 spiro atoms. The van der Waals surface area contributed by atoms with Gasteiger partial charge < -0.3 is 9.67 Å². The van der Waals surface area contributed by atoms with Crippen LogP contribution in [0, 0.1) is 0 Å². The Balaban J connectivity index is 2.10. The Labute approximate surface area is 137 Å². The fourth-order valence-corrected chi connectivity index (χ4v) is 3.91. The number of rotatable bonds is 2. The van der Waals surface area contributed by atoms with Gasteiger partial charge in [0.05, 0.1) is 16.3 Å². The van der Waals surface area contributed by atoms with E-state index in [0.717, 1.165) is 10.1 Å². The Morgan fingerprint density at radius 3 is 2.36 bits per heavy atom. The Morgan fingerprint density at radius 1 is 1.14 bits per heavy atom. The van der Waals surface area contributed by atoms with E-state index in [1.807, 2.05) is 60.0 Å². The van der Waals surface area contributed by atoms with Gasteiger partial charge in [0.1, 0.15) is 7.05 Å². The summed E-state index contributed by atoms with van der Waals surface area (Å²) in [6.07, 6.45) is 7.71. The number of Topliss-reactive ketones (excluding diaryl/α,β-unsaturated/α-hetero) is 1. The second kappa shape index (κ2) is 5.52. The van der Waals surface area contributed by atoms with Crippen molar-refractivity contribution < 1.29 is 14.5 Å². The Hall–Kier alpha value is -1.66. The maximum atomic E-state index is 12.5. The minimum Gasteiger partial charge on any atom is -0.871 e. The smallest absolute Gasteiger partial charge is 0.240 e. The van der Waals surface area contributed by atoms with Crippen molar-refractivity contribution in [1.29, 1.82) is 0 Å². The van der Waals surface area contributed by atoms with E-state index >= 15 is 0 Å².